The van der Waals surface area contributed by atoms with Gasteiger partial charge in [0.2, 0.25) is 0 Å². The fourth-order valence-electron chi connectivity index (χ4n) is 10.7. The molecule has 0 saturated heterocycles. The van der Waals surface area contributed by atoms with Crippen LogP contribution in [0.3, 0.4) is 0 Å². The largest absolute Gasteiger partial charge is 0.457 e. The summed E-state index contributed by atoms with van der Waals surface area (Å²) in [6.07, 6.45) is 1.85. The van der Waals surface area contributed by atoms with E-state index < -0.39 is 5.41 Å². The minimum Gasteiger partial charge on any atom is -0.457 e. The Kier molecular flexibility index (Phi) is 9.82. The molecule has 0 spiro atoms. The van der Waals surface area contributed by atoms with Gasteiger partial charge in [0, 0.05) is 22.5 Å². The Morgan fingerprint density at radius 3 is 1.52 bits per heavy atom. The van der Waals surface area contributed by atoms with Gasteiger partial charge in [0.1, 0.15) is 11.5 Å². The molecule has 0 fully saturated rings. The van der Waals surface area contributed by atoms with Crippen LogP contribution in [0.1, 0.15) is 79.1 Å². The van der Waals surface area contributed by atoms with Crippen LogP contribution in [0.2, 0.25) is 0 Å². The molecule has 0 aliphatic heterocycles. The molecular formula is C64H53NO. The van der Waals surface area contributed by atoms with Crippen LogP contribution in [0.15, 0.2) is 219 Å². The van der Waals surface area contributed by atoms with Crippen molar-refractivity contribution in [2.45, 2.75) is 50.9 Å². The van der Waals surface area contributed by atoms with Crippen LogP contribution in [0, 0.1) is 0 Å². The van der Waals surface area contributed by atoms with Gasteiger partial charge in [-0.15, -0.1) is 0 Å². The predicted octanol–water partition coefficient (Wildman–Crippen LogP) is 17.2. The summed E-state index contributed by atoms with van der Waals surface area (Å²) in [6, 6.07) is 78.1. The second-order valence-electron chi connectivity index (χ2n) is 19.4. The van der Waals surface area contributed by atoms with E-state index in [-0.39, 0.29) is 10.8 Å². The lowest BCUT2D eigenvalue weighted by Crippen LogP contribution is -2.29. The highest BCUT2D eigenvalue weighted by atomic mass is 16.5. The quantitative estimate of drug-likeness (QED) is 0.143. The van der Waals surface area contributed by atoms with E-state index in [0.717, 1.165) is 34.1 Å². The molecule has 2 heteroatoms. The van der Waals surface area contributed by atoms with Crippen molar-refractivity contribution in [1.82, 2.24) is 0 Å². The number of hydrogen-bond acceptors (Lipinski definition) is 2. The van der Waals surface area contributed by atoms with Gasteiger partial charge in [0.15, 0.2) is 0 Å². The minimum absolute atomic E-state index is 0.00950. The Morgan fingerprint density at radius 2 is 0.909 bits per heavy atom. The SMILES string of the molecule is C=Cc1ccc(Oc2ccc(C3(c4ccc(C(C)(C)C)cc4)c4ccccc4-c4ccc(N(c5ccc(-c6ccccc6)cc5)c5ccc6c(c5)C(C)(C)c5ccccc5-6)cc43)cc2)cc1. The van der Waals surface area contributed by atoms with E-state index in [0.29, 0.717) is 0 Å². The summed E-state index contributed by atoms with van der Waals surface area (Å²) in [7, 11) is 0. The summed E-state index contributed by atoms with van der Waals surface area (Å²) < 4.78 is 6.44. The van der Waals surface area contributed by atoms with Gasteiger partial charge >= 0.3 is 0 Å². The second kappa shape index (κ2) is 15.8. The molecule has 2 nitrogen and oxygen atoms in total. The van der Waals surface area contributed by atoms with Gasteiger partial charge in [-0.3, -0.25) is 0 Å². The van der Waals surface area contributed by atoms with Gasteiger partial charge in [-0.2, -0.15) is 0 Å². The monoisotopic (exact) mass is 851 g/mol. The smallest absolute Gasteiger partial charge is 0.127 e. The molecule has 9 aromatic carbocycles. The van der Waals surface area contributed by atoms with E-state index in [4.69, 9.17) is 4.74 Å². The van der Waals surface area contributed by atoms with Gasteiger partial charge in [0.25, 0.3) is 0 Å². The molecule has 0 N–H and O–H groups in total. The zero-order valence-corrected chi connectivity index (χ0v) is 38.3. The van der Waals surface area contributed by atoms with Crippen molar-refractivity contribution in [1.29, 1.82) is 0 Å². The number of ether oxygens (including phenoxy) is 1. The van der Waals surface area contributed by atoms with E-state index in [1.807, 2.05) is 30.3 Å². The Morgan fingerprint density at radius 1 is 0.439 bits per heavy atom. The third-order valence-corrected chi connectivity index (χ3v) is 14.2. The molecule has 1 atom stereocenters. The van der Waals surface area contributed by atoms with Crippen molar-refractivity contribution in [3.63, 3.8) is 0 Å². The van der Waals surface area contributed by atoms with Gasteiger partial charge in [-0.1, -0.05) is 199 Å². The van der Waals surface area contributed by atoms with Gasteiger partial charge in [-0.05, 0) is 144 Å². The standard InChI is InChI=1S/C64H53NO/c1-7-43-21-35-52(36-22-43)66-53-37-29-48(30-38-53)64(47-27-25-46(26-28-47)62(2,3)4)59-20-14-12-18-55(59)57-40-34-51(42-61(57)64)65(49-31-23-45(24-32-49)44-15-9-8-10-16-44)50-33-39-56-54-17-11-13-19-58(54)63(5,6)60(56)41-50/h7-42H,1H2,2-6H3. The minimum atomic E-state index is -0.632. The van der Waals surface area contributed by atoms with Crippen LogP contribution in [0.4, 0.5) is 17.1 Å². The lowest BCUT2D eigenvalue weighted by Gasteiger charge is -2.35. The molecule has 0 heterocycles. The van der Waals surface area contributed by atoms with E-state index in [9.17, 15) is 0 Å². The fraction of sp³-hybridized carbons (Fsp3) is 0.125. The molecule has 1 unspecified atom stereocenters. The van der Waals surface area contributed by atoms with Crippen LogP contribution >= 0.6 is 0 Å². The van der Waals surface area contributed by atoms with Crippen molar-refractivity contribution in [2.24, 2.45) is 0 Å². The molecule has 9 aromatic rings. The molecule has 2 aliphatic rings. The Bertz CT molecular complexity index is 3260. The molecular weight excluding hydrogens is 799 g/mol. The average Bonchev–Trinajstić information content (AvgIpc) is 3.77. The first kappa shape index (κ1) is 41.1. The van der Waals surface area contributed by atoms with E-state index >= 15 is 0 Å². The first-order valence-corrected chi connectivity index (χ1v) is 23.1. The lowest BCUT2D eigenvalue weighted by atomic mass is 9.67. The summed E-state index contributed by atoms with van der Waals surface area (Å²) >= 11 is 0. The number of fused-ring (bicyclic) bond motifs is 6. The lowest BCUT2D eigenvalue weighted by molar-refractivity contribution is 0.482. The summed E-state index contributed by atoms with van der Waals surface area (Å²) in [5.41, 5.74) is 20.1. The van der Waals surface area contributed by atoms with Crippen molar-refractivity contribution in [3.8, 4) is 44.9 Å². The molecule has 66 heavy (non-hydrogen) atoms. The first-order valence-electron chi connectivity index (χ1n) is 23.1. The Hall–Kier alpha value is -7.68. The number of nitrogens with zero attached hydrogens (tertiary/aromatic N) is 1. The number of anilines is 3. The van der Waals surface area contributed by atoms with Crippen molar-refractivity contribution in [2.75, 3.05) is 4.90 Å². The summed E-state index contributed by atoms with van der Waals surface area (Å²) in [5.74, 6) is 1.58. The molecule has 2 aliphatic carbocycles. The molecule has 0 amide bonds. The first-order chi connectivity index (χ1) is 32.0. The number of rotatable bonds is 9. The third-order valence-electron chi connectivity index (χ3n) is 14.2. The summed E-state index contributed by atoms with van der Waals surface area (Å²) in [5, 5.41) is 0. The van der Waals surface area contributed by atoms with Crippen molar-refractivity contribution in [3.05, 3.63) is 263 Å². The maximum absolute atomic E-state index is 6.44. The van der Waals surface area contributed by atoms with E-state index in [2.05, 4.69) is 234 Å². The maximum atomic E-state index is 6.44. The van der Waals surface area contributed by atoms with Crippen molar-refractivity contribution >= 4 is 23.1 Å². The van der Waals surface area contributed by atoms with E-state index in [1.54, 1.807) is 0 Å². The van der Waals surface area contributed by atoms with Crippen LogP contribution in [0.25, 0.3) is 39.5 Å². The average molecular weight is 852 g/mol. The zero-order chi connectivity index (χ0) is 45.2. The normalized spacial score (nSPS) is 15.3. The van der Waals surface area contributed by atoms with Crippen LogP contribution in [0.5, 0.6) is 11.5 Å². The number of hydrogen-bond donors (Lipinski definition) is 0. The molecule has 0 saturated carbocycles. The number of benzene rings is 9. The molecule has 0 bridgehead atoms. The van der Waals surface area contributed by atoms with Gasteiger partial charge in [-0.25, -0.2) is 0 Å². The highest BCUT2D eigenvalue weighted by molar-refractivity contribution is 5.91. The Labute approximate surface area is 390 Å². The highest BCUT2D eigenvalue weighted by Crippen LogP contribution is 2.58. The topological polar surface area (TPSA) is 12.5 Å². The van der Waals surface area contributed by atoms with Gasteiger partial charge < -0.3 is 9.64 Å². The molecule has 11 rings (SSSR count). The fourth-order valence-corrected chi connectivity index (χ4v) is 10.7. The molecule has 0 radical (unpaired) electrons. The predicted molar refractivity (Wildman–Crippen MR) is 277 cm³/mol. The van der Waals surface area contributed by atoms with Crippen molar-refractivity contribution < 1.29 is 4.74 Å². The Balaban J connectivity index is 1.11. The molecule has 320 valence electrons. The van der Waals surface area contributed by atoms with Gasteiger partial charge in [0.05, 0.1) is 5.41 Å². The molecule has 0 aromatic heterocycles. The summed E-state index contributed by atoms with van der Waals surface area (Å²) in [4.78, 5) is 2.46. The highest BCUT2D eigenvalue weighted by Gasteiger charge is 2.47. The van der Waals surface area contributed by atoms with Crippen LogP contribution in [-0.2, 0) is 16.2 Å². The second-order valence-corrected chi connectivity index (χ2v) is 19.4. The summed E-state index contributed by atoms with van der Waals surface area (Å²) in [6.45, 7) is 15.5. The van der Waals surface area contributed by atoms with Crippen LogP contribution < -0.4 is 9.64 Å². The zero-order valence-electron chi connectivity index (χ0n) is 38.3. The van der Waals surface area contributed by atoms with E-state index in [1.165, 1.54) is 72.3 Å². The maximum Gasteiger partial charge on any atom is 0.127 e. The third kappa shape index (κ3) is 6.71. The van der Waals surface area contributed by atoms with Crippen LogP contribution in [-0.4, -0.2) is 0 Å².